The molecule has 1 heterocycles. The van der Waals surface area contributed by atoms with E-state index < -0.39 is 0 Å². The van der Waals surface area contributed by atoms with E-state index in [2.05, 4.69) is 30.1 Å². The van der Waals surface area contributed by atoms with E-state index in [1.54, 1.807) is 6.07 Å². The zero-order valence-corrected chi connectivity index (χ0v) is 9.98. The lowest BCUT2D eigenvalue weighted by Crippen LogP contribution is -2.49. The third kappa shape index (κ3) is 2.54. The molecule has 88 valence electrons. The number of nitrogens with zero attached hydrogens (tertiary/aromatic N) is 1. The Morgan fingerprint density at radius 2 is 2.31 bits per heavy atom. The average Bonchev–Trinajstić information content (AvgIpc) is 2.28. The summed E-state index contributed by atoms with van der Waals surface area (Å²) in [5.41, 5.74) is 1.19. The van der Waals surface area contributed by atoms with Crippen LogP contribution in [0.3, 0.4) is 0 Å². The van der Waals surface area contributed by atoms with Crippen molar-refractivity contribution in [1.29, 1.82) is 0 Å². The summed E-state index contributed by atoms with van der Waals surface area (Å²) in [6, 6.07) is 8.49. The van der Waals surface area contributed by atoms with Crippen molar-refractivity contribution < 1.29 is 5.11 Å². The predicted octanol–water partition coefficient (Wildman–Crippen LogP) is 1.75. The second-order valence-electron chi connectivity index (χ2n) is 4.62. The Hall–Kier alpha value is -1.06. The number of nitrogens with one attached hydrogen (secondary N) is 1. The van der Waals surface area contributed by atoms with Crippen LogP contribution in [0.4, 0.5) is 0 Å². The summed E-state index contributed by atoms with van der Waals surface area (Å²) < 4.78 is 0. The fraction of sp³-hybridized carbons (Fsp3) is 0.538. The number of benzene rings is 1. The largest absolute Gasteiger partial charge is 0.508 e. The second-order valence-corrected chi connectivity index (χ2v) is 4.62. The molecular weight excluding hydrogens is 200 g/mol. The Kier molecular flexibility index (Phi) is 3.46. The van der Waals surface area contributed by atoms with Gasteiger partial charge >= 0.3 is 0 Å². The fourth-order valence-corrected chi connectivity index (χ4v) is 2.31. The van der Waals surface area contributed by atoms with Gasteiger partial charge in [-0.3, -0.25) is 4.90 Å². The van der Waals surface area contributed by atoms with Crippen molar-refractivity contribution in [3.05, 3.63) is 29.8 Å². The first kappa shape index (κ1) is 11.4. The lowest BCUT2D eigenvalue weighted by molar-refractivity contribution is 0.158. The molecular formula is C13H20N2O. The quantitative estimate of drug-likeness (QED) is 0.797. The average molecular weight is 220 g/mol. The van der Waals surface area contributed by atoms with Crippen molar-refractivity contribution >= 4 is 0 Å². The highest BCUT2D eigenvalue weighted by molar-refractivity contribution is 5.29. The summed E-state index contributed by atoms with van der Waals surface area (Å²) in [5.74, 6) is 0.354. The van der Waals surface area contributed by atoms with Gasteiger partial charge < -0.3 is 10.4 Å². The molecule has 2 rings (SSSR count). The van der Waals surface area contributed by atoms with Crippen molar-refractivity contribution in [3.8, 4) is 5.75 Å². The summed E-state index contributed by atoms with van der Waals surface area (Å²) >= 11 is 0. The van der Waals surface area contributed by atoms with Gasteiger partial charge in [-0.25, -0.2) is 0 Å². The Morgan fingerprint density at radius 3 is 3.00 bits per heavy atom. The highest BCUT2D eigenvalue weighted by Crippen LogP contribution is 2.24. The minimum Gasteiger partial charge on any atom is -0.508 e. The SMILES string of the molecule is CC1CN(C(C)c2cccc(O)c2)CCN1. The number of phenolic OH excluding ortho intramolecular Hbond substituents is 1. The first-order valence-electron chi connectivity index (χ1n) is 5.93. The van der Waals surface area contributed by atoms with E-state index in [1.807, 2.05) is 12.1 Å². The molecule has 0 amide bonds. The number of phenols is 1. The molecule has 0 bridgehead atoms. The van der Waals surface area contributed by atoms with Crippen LogP contribution in [0.15, 0.2) is 24.3 Å². The molecule has 1 aromatic carbocycles. The van der Waals surface area contributed by atoms with Crippen LogP contribution in [0.25, 0.3) is 0 Å². The van der Waals surface area contributed by atoms with Gasteiger partial charge in [0.25, 0.3) is 0 Å². The second kappa shape index (κ2) is 4.85. The summed E-state index contributed by atoms with van der Waals surface area (Å²) in [5, 5.41) is 12.9. The monoisotopic (exact) mass is 220 g/mol. The summed E-state index contributed by atoms with van der Waals surface area (Å²) in [6.07, 6.45) is 0. The molecule has 0 spiro atoms. The Balaban J connectivity index is 2.09. The molecule has 2 atom stereocenters. The summed E-state index contributed by atoms with van der Waals surface area (Å²) in [7, 11) is 0. The van der Waals surface area contributed by atoms with Crippen LogP contribution >= 0.6 is 0 Å². The van der Waals surface area contributed by atoms with Crippen molar-refractivity contribution in [3.63, 3.8) is 0 Å². The van der Waals surface area contributed by atoms with Gasteiger partial charge in [-0.2, -0.15) is 0 Å². The van der Waals surface area contributed by atoms with Crippen LogP contribution in [0, 0.1) is 0 Å². The molecule has 16 heavy (non-hydrogen) atoms. The predicted molar refractivity (Wildman–Crippen MR) is 65.6 cm³/mol. The number of piperazine rings is 1. The molecule has 1 aliphatic heterocycles. The van der Waals surface area contributed by atoms with Crippen LogP contribution in [-0.2, 0) is 0 Å². The number of hydrogen-bond donors (Lipinski definition) is 2. The van der Waals surface area contributed by atoms with E-state index in [0.29, 0.717) is 17.8 Å². The van der Waals surface area contributed by atoms with Gasteiger partial charge in [0.05, 0.1) is 0 Å². The zero-order valence-electron chi connectivity index (χ0n) is 9.98. The smallest absolute Gasteiger partial charge is 0.115 e. The first-order chi connectivity index (χ1) is 7.66. The van der Waals surface area contributed by atoms with Crippen LogP contribution in [0.5, 0.6) is 5.75 Å². The number of aromatic hydroxyl groups is 1. The van der Waals surface area contributed by atoms with E-state index in [9.17, 15) is 5.11 Å². The maximum atomic E-state index is 9.48. The molecule has 2 unspecified atom stereocenters. The Labute approximate surface area is 97.1 Å². The normalized spacial score (nSPS) is 24.2. The van der Waals surface area contributed by atoms with Gasteiger partial charge in [-0.05, 0) is 31.5 Å². The maximum absolute atomic E-state index is 9.48. The highest BCUT2D eigenvalue weighted by atomic mass is 16.3. The number of rotatable bonds is 2. The Bertz CT molecular complexity index is 354. The molecule has 1 saturated heterocycles. The van der Waals surface area contributed by atoms with Gasteiger partial charge in [0, 0.05) is 31.7 Å². The maximum Gasteiger partial charge on any atom is 0.115 e. The van der Waals surface area contributed by atoms with Crippen LogP contribution in [0.1, 0.15) is 25.5 Å². The van der Waals surface area contributed by atoms with E-state index in [1.165, 1.54) is 5.56 Å². The highest BCUT2D eigenvalue weighted by Gasteiger charge is 2.21. The molecule has 0 saturated carbocycles. The third-order valence-corrected chi connectivity index (χ3v) is 3.30. The topological polar surface area (TPSA) is 35.5 Å². The van der Waals surface area contributed by atoms with E-state index in [-0.39, 0.29) is 0 Å². The lowest BCUT2D eigenvalue weighted by atomic mass is 10.0. The minimum absolute atomic E-state index is 0.354. The van der Waals surface area contributed by atoms with Crippen molar-refractivity contribution in [1.82, 2.24) is 10.2 Å². The first-order valence-corrected chi connectivity index (χ1v) is 5.93. The Morgan fingerprint density at radius 1 is 1.50 bits per heavy atom. The van der Waals surface area contributed by atoms with Gasteiger partial charge in [0.15, 0.2) is 0 Å². The van der Waals surface area contributed by atoms with Crippen LogP contribution < -0.4 is 5.32 Å². The fourth-order valence-electron chi connectivity index (χ4n) is 2.31. The molecule has 0 aliphatic carbocycles. The lowest BCUT2D eigenvalue weighted by Gasteiger charge is -2.36. The van der Waals surface area contributed by atoms with Gasteiger partial charge in [0.2, 0.25) is 0 Å². The molecule has 1 aromatic rings. The number of hydrogen-bond acceptors (Lipinski definition) is 3. The van der Waals surface area contributed by atoms with Crippen molar-refractivity contribution in [2.24, 2.45) is 0 Å². The van der Waals surface area contributed by atoms with E-state index in [4.69, 9.17) is 0 Å². The van der Waals surface area contributed by atoms with Crippen molar-refractivity contribution in [2.45, 2.75) is 25.9 Å². The van der Waals surface area contributed by atoms with E-state index in [0.717, 1.165) is 19.6 Å². The van der Waals surface area contributed by atoms with Gasteiger partial charge in [0.1, 0.15) is 5.75 Å². The van der Waals surface area contributed by atoms with Crippen LogP contribution in [-0.4, -0.2) is 35.7 Å². The molecule has 3 nitrogen and oxygen atoms in total. The molecule has 0 radical (unpaired) electrons. The zero-order chi connectivity index (χ0) is 11.5. The van der Waals surface area contributed by atoms with Gasteiger partial charge in [-0.1, -0.05) is 12.1 Å². The van der Waals surface area contributed by atoms with Gasteiger partial charge in [-0.15, -0.1) is 0 Å². The standard InChI is InChI=1S/C13H20N2O/c1-10-9-15(7-6-14-10)11(2)12-4-3-5-13(16)8-12/h3-5,8,10-11,14,16H,6-7,9H2,1-2H3. The van der Waals surface area contributed by atoms with E-state index >= 15 is 0 Å². The molecule has 1 aliphatic rings. The molecule has 2 N–H and O–H groups in total. The molecule has 1 fully saturated rings. The van der Waals surface area contributed by atoms with Crippen molar-refractivity contribution in [2.75, 3.05) is 19.6 Å². The minimum atomic E-state index is 0.354. The third-order valence-electron chi connectivity index (χ3n) is 3.30. The van der Waals surface area contributed by atoms with Crippen LogP contribution in [0.2, 0.25) is 0 Å². The molecule has 3 heteroatoms. The summed E-state index contributed by atoms with van der Waals surface area (Å²) in [6.45, 7) is 7.59. The summed E-state index contributed by atoms with van der Waals surface area (Å²) in [4.78, 5) is 2.45. The molecule has 0 aromatic heterocycles.